The molecule has 4 heteroatoms. The van der Waals surface area contributed by atoms with Gasteiger partial charge < -0.3 is 4.90 Å². The van der Waals surface area contributed by atoms with Crippen LogP contribution in [0.3, 0.4) is 0 Å². The quantitative estimate of drug-likeness (QED) is 0.711. The van der Waals surface area contributed by atoms with Crippen molar-refractivity contribution in [2.75, 3.05) is 4.90 Å². The average molecular weight is 346 g/mol. The fourth-order valence-corrected chi connectivity index (χ4v) is 4.17. The second-order valence-electron chi connectivity index (χ2n) is 5.86. The smallest absolute Gasteiger partial charge is 0.240 e. The van der Waals surface area contributed by atoms with Gasteiger partial charge in [-0.05, 0) is 55.7 Å². The van der Waals surface area contributed by atoms with Gasteiger partial charge in [0.05, 0.1) is 5.25 Å². The number of carbonyl (C=O) groups excluding carboxylic acids is 1. The number of halogens is 1. The topological polar surface area (TPSA) is 20.3 Å². The Bertz CT molecular complexity index is 701. The maximum Gasteiger partial charge on any atom is 0.240 e. The molecule has 0 spiro atoms. The van der Waals surface area contributed by atoms with Crippen molar-refractivity contribution in [3.8, 4) is 0 Å². The van der Waals surface area contributed by atoms with E-state index in [0.29, 0.717) is 0 Å². The highest BCUT2D eigenvalue weighted by Crippen LogP contribution is 2.35. The van der Waals surface area contributed by atoms with Crippen LogP contribution >= 0.6 is 23.4 Å². The van der Waals surface area contributed by atoms with E-state index in [9.17, 15) is 4.79 Å². The fourth-order valence-electron chi connectivity index (χ4n) is 3.04. The van der Waals surface area contributed by atoms with Crippen molar-refractivity contribution in [1.29, 1.82) is 0 Å². The number of rotatable bonds is 4. The highest BCUT2D eigenvalue weighted by molar-refractivity contribution is 8.00. The lowest BCUT2D eigenvalue weighted by Gasteiger charge is -2.27. The Hall–Kier alpha value is -1.45. The number of thioether (sulfide) groups is 1. The molecule has 0 saturated heterocycles. The molecule has 0 unspecified atom stereocenters. The number of benzene rings is 2. The maximum absolute atomic E-state index is 13.1. The number of hydrogen-bond donors (Lipinski definition) is 0. The molecule has 0 bridgehead atoms. The molecule has 1 amide bonds. The number of hydrogen-bond acceptors (Lipinski definition) is 2. The van der Waals surface area contributed by atoms with Gasteiger partial charge in [-0.25, -0.2) is 0 Å². The Morgan fingerprint density at radius 3 is 2.65 bits per heavy atom. The largest absolute Gasteiger partial charge is 0.308 e. The molecule has 2 nitrogen and oxygen atoms in total. The van der Waals surface area contributed by atoms with Crippen LogP contribution in [0.1, 0.15) is 25.8 Å². The Kier molecular flexibility index (Phi) is 4.98. The summed E-state index contributed by atoms with van der Waals surface area (Å²) in [6, 6.07) is 16.1. The van der Waals surface area contributed by atoms with Gasteiger partial charge in [-0.3, -0.25) is 4.79 Å². The van der Waals surface area contributed by atoms with Crippen molar-refractivity contribution in [2.45, 2.75) is 42.9 Å². The third-order valence-electron chi connectivity index (χ3n) is 4.18. The fraction of sp³-hybridized carbons (Fsp3) is 0.316. The second kappa shape index (κ2) is 6.98. The molecule has 0 fully saturated rings. The van der Waals surface area contributed by atoms with E-state index in [1.165, 1.54) is 5.56 Å². The molecule has 0 aliphatic carbocycles. The molecule has 2 atom stereocenters. The molecule has 0 N–H and O–H groups in total. The second-order valence-corrected chi connectivity index (χ2v) is 7.57. The van der Waals surface area contributed by atoms with Crippen LogP contribution in [0.25, 0.3) is 0 Å². The summed E-state index contributed by atoms with van der Waals surface area (Å²) in [6.07, 6.45) is 1.74. The highest BCUT2D eigenvalue weighted by atomic mass is 35.5. The first kappa shape index (κ1) is 16.4. The third-order valence-corrected chi connectivity index (χ3v) is 5.80. The zero-order valence-electron chi connectivity index (χ0n) is 13.3. The van der Waals surface area contributed by atoms with Gasteiger partial charge in [0.25, 0.3) is 0 Å². The average Bonchev–Trinajstić information content (AvgIpc) is 2.89. The van der Waals surface area contributed by atoms with Gasteiger partial charge in [0.2, 0.25) is 5.91 Å². The van der Waals surface area contributed by atoms with Crippen molar-refractivity contribution < 1.29 is 4.79 Å². The summed E-state index contributed by atoms with van der Waals surface area (Å²) in [5.41, 5.74) is 2.33. The monoisotopic (exact) mass is 345 g/mol. The Balaban J connectivity index is 1.81. The van der Waals surface area contributed by atoms with Crippen molar-refractivity contribution in [1.82, 2.24) is 0 Å². The zero-order valence-corrected chi connectivity index (χ0v) is 14.9. The van der Waals surface area contributed by atoms with Crippen LogP contribution in [0.5, 0.6) is 0 Å². The molecule has 0 radical (unpaired) electrons. The van der Waals surface area contributed by atoms with E-state index in [0.717, 1.165) is 28.4 Å². The van der Waals surface area contributed by atoms with Gasteiger partial charge in [0.1, 0.15) is 0 Å². The molecule has 2 aromatic carbocycles. The van der Waals surface area contributed by atoms with E-state index >= 15 is 0 Å². The summed E-state index contributed by atoms with van der Waals surface area (Å²) < 4.78 is 0. The van der Waals surface area contributed by atoms with Gasteiger partial charge in [-0.15, -0.1) is 11.8 Å². The van der Waals surface area contributed by atoms with Gasteiger partial charge in [0, 0.05) is 21.6 Å². The van der Waals surface area contributed by atoms with E-state index < -0.39 is 0 Å². The lowest BCUT2D eigenvalue weighted by atomic mass is 10.1. The Morgan fingerprint density at radius 1 is 1.26 bits per heavy atom. The van der Waals surface area contributed by atoms with Crippen LogP contribution in [0.15, 0.2) is 53.4 Å². The van der Waals surface area contributed by atoms with E-state index in [1.807, 2.05) is 41.3 Å². The Labute approximate surface area is 146 Å². The molecular formula is C19H20ClNOS. The third kappa shape index (κ3) is 3.41. The summed E-state index contributed by atoms with van der Waals surface area (Å²) in [5, 5.41) is 0.639. The first-order chi connectivity index (χ1) is 11.1. The minimum absolute atomic E-state index is 0.0789. The number of carbonyl (C=O) groups is 1. The number of anilines is 1. The summed E-state index contributed by atoms with van der Waals surface area (Å²) in [6.45, 7) is 4.19. The van der Waals surface area contributed by atoms with Crippen LogP contribution in [-0.4, -0.2) is 17.2 Å². The minimum Gasteiger partial charge on any atom is -0.308 e. The van der Waals surface area contributed by atoms with Crippen LogP contribution in [0.4, 0.5) is 5.69 Å². The van der Waals surface area contributed by atoms with Gasteiger partial charge in [0.15, 0.2) is 0 Å². The van der Waals surface area contributed by atoms with Gasteiger partial charge >= 0.3 is 0 Å². The molecule has 2 aromatic rings. The van der Waals surface area contributed by atoms with E-state index in [1.54, 1.807) is 11.8 Å². The first-order valence-electron chi connectivity index (χ1n) is 7.93. The molecular weight excluding hydrogens is 326 g/mol. The molecule has 0 aromatic heterocycles. The molecule has 23 heavy (non-hydrogen) atoms. The highest BCUT2D eigenvalue weighted by Gasteiger charge is 2.34. The standard InChI is InChI=1S/C19H20ClNOS/c1-3-18(23-16-10-8-15(20)9-11-16)19(22)21-13(2)12-14-6-4-5-7-17(14)21/h4-11,13,18H,3,12H2,1-2H3/t13-,18-/m1/s1. The molecule has 1 aliphatic rings. The molecule has 1 aliphatic heterocycles. The van der Waals surface area contributed by atoms with Crippen LogP contribution < -0.4 is 4.90 Å². The van der Waals surface area contributed by atoms with Gasteiger partial charge in [-0.1, -0.05) is 36.7 Å². The molecule has 3 rings (SSSR count). The molecule has 0 saturated carbocycles. The van der Waals surface area contributed by atoms with E-state index in [4.69, 9.17) is 11.6 Å². The molecule has 120 valence electrons. The SMILES string of the molecule is CC[C@@H](Sc1ccc(Cl)cc1)C(=O)N1c2ccccc2C[C@H]1C. The van der Waals surface area contributed by atoms with Gasteiger partial charge in [-0.2, -0.15) is 0 Å². The number of para-hydroxylation sites is 1. The van der Waals surface area contributed by atoms with Crippen molar-refractivity contribution in [2.24, 2.45) is 0 Å². The summed E-state index contributed by atoms with van der Waals surface area (Å²) >= 11 is 7.56. The van der Waals surface area contributed by atoms with Crippen LogP contribution in [0.2, 0.25) is 5.02 Å². The lowest BCUT2D eigenvalue weighted by molar-refractivity contribution is -0.118. The van der Waals surface area contributed by atoms with E-state index in [2.05, 4.69) is 26.0 Å². The summed E-state index contributed by atoms with van der Waals surface area (Å²) in [7, 11) is 0. The predicted molar refractivity (Wildman–Crippen MR) is 98.5 cm³/mol. The molecule has 1 heterocycles. The summed E-state index contributed by atoms with van der Waals surface area (Å²) in [4.78, 5) is 16.2. The normalized spacial score (nSPS) is 17.9. The van der Waals surface area contributed by atoms with Crippen molar-refractivity contribution in [3.05, 3.63) is 59.1 Å². The zero-order chi connectivity index (χ0) is 16.4. The van der Waals surface area contributed by atoms with Crippen LogP contribution in [-0.2, 0) is 11.2 Å². The number of nitrogens with zero attached hydrogens (tertiary/aromatic N) is 1. The number of fused-ring (bicyclic) bond motifs is 1. The summed E-state index contributed by atoms with van der Waals surface area (Å²) in [5.74, 6) is 0.199. The first-order valence-corrected chi connectivity index (χ1v) is 9.19. The predicted octanol–water partition coefficient (Wildman–Crippen LogP) is 5.19. The maximum atomic E-state index is 13.1. The van der Waals surface area contributed by atoms with E-state index in [-0.39, 0.29) is 17.2 Å². The Morgan fingerprint density at radius 2 is 1.96 bits per heavy atom. The minimum atomic E-state index is -0.0789. The van der Waals surface area contributed by atoms with Crippen LogP contribution in [0, 0.1) is 0 Å². The lowest BCUT2D eigenvalue weighted by Crippen LogP contribution is -2.41. The van der Waals surface area contributed by atoms with Crippen molar-refractivity contribution >= 4 is 35.0 Å². The number of amides is 1. The van der Waals surface area contributed by atoms with Crippen molar-refractivity contribution in [3.63, 3.8) is 0 Å².